The molecule has 0 bridgehead atoms. The molecule has 2 nitrogen and oxygen atoms in total. The first-order valence-electron chi connectivity index (χ1n) is 6.57. The smallest absolute Gasteiger partial charge is 0.151 e. The fourth-order valence-corrected chi connectivity index (χ4v) is 1.92. The summed E-state index contributed by atoms with van der Waals surface area (Å²) in [5.74, 6) is -0.224. The second kappa shape index (κ2) is 7.98. The van der Waals surface area contributed by atoms with E-state index >= 15 is 0 Å². The van der Waals surface area contributed by atoms with Gasteiger partial charge in [0.05, 0.1) is 6.54 Å². The molecule has 0 aliphatic heterocycles. The number of unbranched alkanes of at least 4 members (excludes halogenated alkanes) is 2. The van der Waals surface area contributed by atoms with Crippen molar-refractivity contribution in [1.82, 2.24) is 4.90 Å². The fourth-order valence-electron chi connectivity index (χ4n) is 1.92. The maximum absolute atomic E-state index is 13.4. The Balaban J connectivity index is 2.35. The average molecular weight is 251 g/mol. The molecule has 0 saturated heterocycles. The number of likely N-dealkylation sites (N-methyl/N-ethyl adjacent to an activating group) is 1. The van der Waals surface area contributed by atoms with Crippen molar-refractivity contribution in [3.8, 4) is 0 Å². The largest absolute Gasteiger partial charge is 0.299 e. The van der Waals surface area contributed by atoms with Gasteiger partial charge in [-0.25, -0.2) is 4.39 Å². The molecular weight excluding hydrogens is 229 g/mol. The van der Waals surface area contributed by atoms with Gasteiger partial charge in [-0.05, 0) is 31.6 Å². The molecule has 0 aliphatic carbocycles. The molecule has 0 saturated carbocycles. The van der Waals surface area contributed by atoms with Crippen LogP contribution >= 0.6 is 0 Å². The number of carbonyl (C=O) groups is 1. The van der Waals surface area contributed by atoms with Crippen molar-refractivity contribution in [3.63, 3.8) is 0 Å². The van der Waals surface area contributed by atoms with E-state index in [1.54, 1.807) is 18.2 Å². The molecule has 100 valence electrons. The highest BCUT2D eigenvalue weighted by molar-refractivity contribution is 5.82. The van der Waals surface area contributed by atoms with E-state index in [0.717, 1.165) is 13.0 Å². The maximum Gasteiger partial charge on any atom is 0.151 e. The number of carbonyl (C=O) groups excluding carboxylic acids is 1. The van der Waals surface area contributed by atoms with Crippen LogP contribution in [0.2, 0.25) is 0 Å². The summed E-state index contributed by atoms with van der Waals surface area (Å²) in [5.41, 5.74) is 0.490. The molecule has 3 heteroatoms. The second-order valence-corrected chi connectivity index (χ2v) is 4.75. The van der Waals surface area contributed by atoms with Gasteiger partial charge in [-0.15, -0.1) is 0 Å². The highest BCUT2D eigenvalue weighted by Crippen LogP contribution is 2.07. The van der Waals surface area contributed by atoms with Gasteiger partial charge in [0, 0.05) is 6.42 Å². The van der Waals surface area contributed by atoms with Gasteiger partial charge in [0.25, 0.3) is 0 Å². The highest BCUT2D eigenvalue weighted by atomic mass is 19.1. The molecule has 18 heavy (non-hydrogen) atoms. The molecule has 0 heterocycles. The van der Waals surface area contributed by atoms with Gasteiger partial charge >= 0.3 is 0 Å². The van der Waals surface area contributed by atoms with E-state index in [0.29, 0.717) is 12.1 Å². The summed E-state index contributed by atoms with van der Waals surface area (Å²) in [4.78, 5) is 13.8. The Kier molecular flexibility index (Phi) is 6.58. The summed E-state index contributed by atoms with van der Waals surface area (Å²) >= 11 is 0. The summed E-state index contributed by atoms with van der Waals surface area (Å²) in [5, 5.41) is 0. The van der Waals surface area contributed by atoms with Crippen LogP contribution in [0.25, 0.3) is 0 Å². The van der Waals surface area contributed by atoms with E-state index in [2.05, 4.69) is 6.92 Å². The Morgan fingerprint density at radius 3 is 2.67 bits per heavy atom. The Bertz CT molecular complexity index is 379. The third kappa shape index (κ3) is 5.41. The van der Waals surface area contributed by atoms with Crippen LogP contribution in [-0.4, -0.2) is 30.8 Å². The minimum Gasteiger partial charge on any atom is -0.299 e. The summed E-state index contributed by atoms with van der Waals surface area (Å²) in [7, 11) is 1.94. The molecule has 0 aliphatic rings. The van der Waals surface area contributed by atoms with E-state index in [1.165, 1.54) is 18.9 Å². The van der Waals surface area contributed by atoms with Crippen molar-refractivity contribution in [3.05, 3.63) is 35.6 Å². The number of nitrogens with zero attached hydrogens (tertiary/aromatic N) is 1. The first-order valence-corrected chi connectivity index (χ1v) is 6.57. The molecule has 0 atom stereocenters. The molecule has 0 amide bonds. The Hall–Kier alpha value is -1.22. The maximum atomic E-state index is 13.4. The van der Waals surface area contributed by atoms with Crippen molar-refractivity contribution < 1.29 is 9.18 Å². The van der Waals surface area contributed by atoms with Crippen molar-refractivity contribution in [2.75, 3.05) is 20.1 Å². The number of hydrogen-bond donors (Lipinski definition) is 0. The number of halogens is 1. The monoisotopic (exact) mass is 251 g/mol. The molecule has 1 rings (SSSR count). The predicted octanol–water partition coefficient (Wildman–Crippen LogP) is 3.06. The SMILES string of the molecule is CCCCCN(C)CC(=O)Cc1ccccc1F. The van der Waals surface area contributed by atoms with Crippen LogP contribution in [0.3, 0.4) is 0 Å². The number of hydrogen-bond acceptors (Lipinski definition) is 2. The van der Waals surface area contributed by atoms with E-state index < -0.39 is 0 Å². The van der Waals surface area contributed by atoms with Crippen molar-refractivity contribution in [1.29, 1.82) is 0 Å². The molecule has 1 aromatic rings. The zero-order valence-electron chi connectivity index (χ0n) is 11.3. The number of ketones is 1. The van der Waals surface area contributed by atoms with Gasteiger partial charge in [-0.2, -0.15) is 0 Å². The van der Waals surface area contributed by atoms with E-state index in [4.69, 9.17) is 0 Å². The van der Waals surface area contributed by atoms with Gasteiger partial charge < -0.3 is 0 Å². The van der Waals surface area contributed by atoms with E-state index in [1.807, 2.05) is 11.9 Å². The molecule has 0 aromatic heterocycles. The van der Waals surface area contributed by atoms with Gasteiger partial charge in [0.2, 0.25) is 0 Å². The molecule has 0 N–H and O–H groups in total. The quantitative estimate of drug-likeness (QED) is 0.662. The lowest BCUT2D eigenvalue weighted by Crippen LogP contribution is -2.28. The van der Waals surface area contributed by atoms with Gasteiger partial charge in [0.1, 0.15) is 5.82 Å². The van der Waals surface area contributed by atoms with Crippen molar-refractivity contribution in [2.45, 2.75) is 32.6 Å². The van der Waals surface area contributed by atoms with Gasteiger partial charge in [-0.1, -0.05) is 38.0 Å². The molecular formula is C15H22FNO. The van der Waals surface area contributed by atoms with Gasteiger partial charge in [-0.3, -0.25) is 9.69 Å². The average Bonchev–Trinajstić information content (AvgIpc) is 2.32. The summed E-state index contributed by atoms with van der Waals surface area (Å²) < 4.78 is 13.4. The van der Waals surface area contributed by atoms with Crippen LogP contribution in [0.1, 0.15) is 31.7 Å². The Morgan fingerprint density at radius 1 is 1.28 bits per heavy atom. The lowest BCUT2D eigenvalue weighted by atomic mass is 10.1. The molecule has 0 unspecified atom stereocenters. The number of benzene rings is 1. The van der Waals surface area contributed by atoms with Crippen LogP contribution in [-0.2, 0) is 11.2 Å². The summed E-state index contributed by atoms with van der Waals surface area (Å²) in [6.45, 7) is 3.48. The second-order valence-electron chi connectivity index (χ2n) is 4.75. The minimum absolute atomic E-state index is 0.0686. The summed E-state index contributed by atoms with van der Waals surface area (Å²) in [6, 6.07) is 6.47. The topological polar surface area (TPSA) is 20.3 Å². The first-order chi connectivity index (χ1) is 8.63. The first kappa shape index (κ1) is 14.8. The Labute approximate surface area is 109 Å². The van der Waals surface area contributed by atoms with Crippen LogP contribution in [0.15, 0.2) is 24.3 Å². The third-order valence-electron chi connectivity index (χ3n) is 2.94. The van der Waals surface area contributed by atoms with Crippen molar-refractivity contribution in [2.24, 2.45) is 0 Å². The normalized spacial score (nSPS) is 10.9. The number of Topliss-reactive ketones (excluding diaryl/α,β-unsaturated/α-hetero) is 1. The van der Waals surface area contributed by atoms with Gasteiger partial charge in [0.15, 0.2) is 5.78 Å². The van der Waals surface area contributed by atoms with Crippen molar-refractivity contribution >= 4 is 5.78 Å². The van der Waals surface area contributed by atoms with Crippen LogP contribution in [0, 0.1) is 5.82 Å². The third-order valence-corrected chi connectivity index (χ3v) is 2.94. The van der Waals surface area contributed by atoms with E-state index in [-0.39, 0.29) is 18.0 Å². The summed E-state index contributed by atoms with van der Waals surface area (Å²) in [6.07, 6.45) is 3.66. The lowest BCUT2D eigenvalue weighted by molar-refractivity contribution is -0.119. The molecule has 0 fully saturated rings. The fraction of sp³-hybridized carbons (Fsp3) is 0.533. The molecule has 1 aromatic carbocycles. The predicted molar refractivity (Wildman–Crippen MR) is 72.1 cm³/mol. The van der Waals surface area contributed by atoms with Crippen LogP contribution < -0.4 is 0 Å². The minimum atomic E-state index is -0.292. The standard InChI is InChI=1S/C15H22FNO/c1-3-4-7-10-17(2)12-14(18)11-13-8-5-6-9-15(13)16/h5-6,8-9H,3-4,7,10-12H2,1-2H3. The van der Waals surface area contributed by atoms with Crippen LogP contribution in [0.5, 0.6) is 0 Å². The number of rotatable bonds is 8. The van der Waals surface area contributed by atoms with Crippen LogP contribution in [0.4, 0.5) is 4.39 Å². The molecule has 0 spiro atoms. The van der Waals surface area contributed by atoms with E-state index in [9.17, 15) is 9.18 Å². The highest BCUT2D eigenvalue weighted by Gasteiger charge is 2.10. The zero-order valence-corrected chi connectivity index (χ0v) is 11.3. The Morgan fingerprint density at radius 2 is 2.00 bits per heavy atom. The zero-order chi connectivity index (χ0) is 13.4. The molecule has 0 radical (unpaired) electrons. The lowest BCUT2D eigenvalue weighted by Gasteiger charge is -2.15.